The molecular formula is C9H20O2Si. The van der Waals surface area contributed by atoms with Crippen LogP contribution in [0.3, 0.4) is 0 Å². The molecule has 2 nitrogen and oxygen atoms in total. The van der Waals surface area contributed by atoms with Gasteiger partial charge in [0.05, 0.1) is 0 Å². The van der Waals surface area contributed by atoms with Crippen LogP contribution in [0.2, 0.25) is 5.04 Å². The second-order valence-corrected chi connectivity index (χ2v) is 6.45. The Labute approximate surface area is 76.5 Å². The van der Waals surface area contributed by atoms with E-state index < -0.39 is 9.28 Å². The normalized spacial score (nSPS) is 38.2. The summed E-state index contributed by atoms with van der Waals surface area (Å²) in [6.07, 6.45) is 5.88. The minimum atomic E-state index is -2.45. The minimum Gasteiger partial charge on any atom is -0.413 e. The maximum absolute atomic E-state index is 9.43. The van der Waals surface area contributed by atoms with Crippen LogP contribution in [-0.2, 0) is 0 Å². The maximum atomic E-state index is 9.43. The minimum absolute atomic E-state index is 0.128. The first kappa shape index (κ1) is 10.2. The van der Waals surface area contributed by atoms with Gasteiger partial charge in [-0.1, -0.05) is 39.5 Å². The van der Waals surface area contributed by atoms with E-state index in [1.807, 2.05) is 0 Å². The lowest BCUT2D eigenvalue weighted by atomic mass is 9.90. The van der Waals surface area contributed by atoms with Crippen molar-refractivity contribution >= 4 is 9.28 Å². The summed E-state index contributed by atoms with van der Waals surface area (Å²) < 4.78 is 0. The Kier molecular flexibility index (Phi) is 3.32. The number of hydrogen-bond acceptors (Lipinski definition) is 2. The van der Waals surface area contributed by atoms with Crippen molar-refractivity contribution in [3.63, 3.8) is 0 Å². The van der Waals surface area contributed by atoms with E-state index in [-0.39, 0.29) is 5.04 Å². The van der Waals surface area contributed by atoms with Crippen LogP contribution in [0.4, 0.5) is 0 Å². The Bertz CT molecular complexity index is 149. The summed E-state index contributed by atoms with van der Waals surface area (Å²) in [5.74, 6) is 0.492. The summed E-state index contributed by atoms with van der Waals surface area (Å²) in [5.41, 5.74) is 0. The van der Waals surface area contributed by atoms with Crippen molar-refractivity contribution in [1.29, 1.82) is 0 Å². The van der Waals surface area contributed by atoms with Gasteiger partial charge in [-0.15, -0.1) is 0 Å². The van der Waals surface area contributed by atoms with Crippen LogP contribution < -0.4 is 0 Å². The smallest absolute Gasteiger partial charge is 0.322 e. The molecule has 2 atom stereocenters. The van der Waals surface area contributed by atoms with Crippen molar-refractivity contribution in [3.05, 3.63) is 0 Å². The highest BCUT2D eigenvalue weighted by atomic mass is 28.3. The van der Waals surface area contributed by atoms with Crippen LogP contribution in [0.5, 0.6) is 0 Å². The third-order valence-corrected chi connectivity index (χ3v) is 5.61. The fourth-order valence-electron chi connectivity index (χ4n) is 2.09. The van der Waals surface area contributed by atoms with Crippen molar-refractivity contribution in [3.8, 4) is 0 Å². The van der Waals surface area contributed by atoms with Gasteiger partial charge in [0.15, 0.2) is 0 Å². The van der Waals surface area contributed by atoms with Crippen LogP contribution in [-0.4, -0.2) is 18.9 Å². The first-order valence-corrected chi connectivity index (χ1v) is 6.54. The van der Waals surface area contributed by atoms with Crippen molar-refractivity contribution in [2.75, 3.05) is 0 Å². The number of rotatable bonds is 1. The van der Waals surface area contributed by atoms with E-state index in [0.717, 1.165) is 6.42 Å². The summed E-state index contributed by atoms with van der Waals surface area (Å²) in [4.78, 5) is 18.9. The maximum Gasteiger partial charge on any atom is 0.322 e. The molecule has 1 rings (SSSR count). The first-order chi connectivity index (χ1) is 5.57. The first-order valence-electron chi connectivity index (χ1n) is 4.93. The molecule has 0 heterocycles. The quantitative estimate of drug-likeness (QED) is 0.484. The van der Waals surface area contributed by atoms with E-state index in [0.29, 0.717) is 5.92 Å². The lowest BCUT2D eigenvalue weighted by Crippen LogP contribution is -2.35. The van der Waals surface area contributed by atoms with Crippen LogP contribution in [0, 0.1) is 5.92 Å². The molecule has 0 aromatic carbocycles. The summed E-state index contributed by atoms with van der Waals surface area (Å²) in [5, 5.41) is -0.128. The average molecular weight is 188 g/mol. The third-order valence-electron chi connectivity index (χ3n) is 3.57. The lowest BCUT2D eigenvalue weighted by Gasteiger charge is -2.34. The van der Waals surface area contributed by atoms with E-state index in [2.05, 4.69) is 13.8 Å². The summed E-state index contributed by atoms with van der Waals surface area (Å²) in [7, 11) is -2.45. The van der Waals surface area contributed by atoms with E-state index in [1.165, 1.54) is 25.7 Å². The van der Waals surface area contributed by atoms with E-state index in [9.17, 15) is 9.59 Å². The van der Waals surface area contributed by atoms with Gasteiger partial charge in [0, 0.05) is 5.04 Å². The van der Waals surface area contributed by atoms with Crippen LogP contribution >= 0.6 is 0 Å². The van der Waals surface area contributed by atoms with Crippen molar-refractivity contribution in [2.24, 2.45) is 5.92 Å². The lowest BCUT2D eigenvalue weighted by molar-refractivity contribution is 0.274. The fraction of sp³-hybridized carbons (Fsp3) is 1.00. The zero-order valence-electron chi connectivity index (χ0n) is 8.08. The molecule has 0 aliphatic heterocycles. The molecule has 1 aliphatic carbocycles. The molecule has 1 fully saturated rings. The highest BCUT2D eigenvalue weighted by molar-refractivity contribution is 6.45. The molecule has 0 bridgehead atoms. The van der Waals surface area contributed by atoms with Crippen molar-refractivity contribution in [2.45, 2.75) is 51.0 Å². The van der Waals surface area contributed by atoms with Gasteiger partial charge >= 0.3 is 9.28 Å². The molecule has 0 aromatic rings. The Balaban J connectivity index is 2.69. The molecule has 0 aromatic heterocycles. The van der Waals surface area contributed by atoms with Crippen LogP contribution in [0.25, 0.3) is 0 Å². The highest BCUT2D eigenvalue weighted by Crippen LogP contribution is 2.46. The molecule has 0 radical (unpaired) electrons. The Hall–Kier alpha value is 0.137. The van der Waals surface area contributed by atoms with Gasteiger partial charge in [-0.05, 0) is 12.3 Å². The van der Waals surface area contributed by atoms with Crippen LogP contribution in [0.15, 0.2) is 0 Å². The molecular weight excluding hydrogens is 168 g/mol. The standard InChI is InChI=1S/C9H20O2Si/c1-8-6-4-3-5-7-9(8,2)12(10)11/h8,10-12H,3-7H2,1-2H3. The largest absolute Gasteiger partial charge is 0.413 e. The highest BCUT2D eigenvalue weighted by Gasteiger charge is 2.39. The van der Waals surface area contributed by atoms with E-state index in [1.54, 1.807) is 0 Å². The molecule has 0 spiro atoms. The van der Waals surface area contributed by atoms with Crippen LogP contribution in [0.1, 0.15) is 46.0 Å². The topological polar surface area (TPSA) is 40.5 Å². The molecule has 2 N–H and O–H groups in total. The molecule has 0 amide bonds. The molecule has 2 unspecified atom stereocenters. The second-order valence-electron chi connectivity index (χ2n) is 4.38. The summed E-state index contributed by atoms with van der Waals surface area (Å²) in [6.45, 7) is 4.22. The second kappa shape index (κ2) is 3.90. The molecule has 1 aliphatic rings. The Morgan fingerprint density at radius 2 is 1.92 bits per heavy atom. The summed E-state index contributed by atoms with van der Waals surface area (Å²) in [6, 6.07) is 0. The van der Waals surface area contributed by atoms with Crippen molar-refractivity contribution in [1.82, 2.24) is 0 Å². The molecule has 72 valence electrons. The SMILES string of the molecule is CC1CCCCCC1(C)[SiH](O)O. The predicted molar refractivity (Wildman–Crippen MR) is 52.2 cm³/mol. The van der Waals surface area contributed by atoms with E-state index in [4.69, 9.17) is 0 Å². The third kappa shape index (κ3) is 1.89. The van der Waals surface area contributed by atoms with Gasteiger partial charge in [0.25, 0.3) is 0 Å². The van der Waals surface area contributed by atoms with Gasteiger partial charge in [-0.2, -0.15) is 0 Å². The van der Waals surface area contributed by atoms with E-state index >= 15 is 0 Å². The van der Waals surface area contributed by atoms with Gasteiger partial charge in [0.1, 0.15) is 0 Å². The van der Waals surface area contributed by atoms with Gasteiger partial charge in [-0.25, -0.2) is 0 Å². The Morgan fingerprint density at radius 1 is 1.25 bits per heavy atom. The summed E-state index contributed by atoms with van der Waals surface area (Å²) >= 11 is 0. The molecule has 12 heavy (non-hydrogen) atoms. The Morgan fingerprint density at radius 3 is 2.50 bits per heavy atom. The van der Waals surface area contributed by atoms with Gasteiger partial charge in [0.2, 0.25) is 0 Å². The van der Waals surface area contributed by atoms with Gasteiger partial charge < -0.3 is 9.59 Å². The molecule has 0 saturated heterocycles. The zero-order chi connectivity index (χ0) is 9.19. The number of hydrogen-bond donors (Lipinski definition) is 2. The zero-order valence-corrected chi connectivity index (χ0v) is 9.24. The fourth-order valence-corrected chi connectivity index (χ4v) is 3.23. The predicted octanol–water partition coefficient (Wildman–Crippen LogP) is 1.55. The molecule has 1 saturated carbocycles. The average Bonchev–Trinajstić information content (AvgIpc) is 2.16. The van der Waals surface area contributed by atoms with Crippen molar-refractivity contribution < 1.29 is 9.59 Å². The van der Waals surface area contributed by atoms with Gasteiger partial charge in [-0.3, -0.25) is 0 Å². The molecule has 3 heteroatoms. The monoisotopic (exact) mass is 188 g/mol.